The SMILES string of the molecule is O=C(NCc1ccc(-c2ccc(F)cc2)cc1)C1=CS(=O)(=O)c2ccc(S(=O)O)cc2C1=O. The van der Waals surface area contributed by atoms with Crippen molar-refractivity contribution in [2.24, 2.45) is 0 Å². The molecule has 0 spiro atoms. The summed E-state index contributed by atoms with van der Waals surface area (Å²) in [6.45, 7) is 0.0285. The van der Waals surface area contributed by atoms with Gasteiger partial charge in [-0.1, -0.05) is 36.4 Å². The highest BCUT2D eigenvalue weighted by atomic mass is 32.2. The van der Waals surface area contributed by atoms with Crippen molar-refractivity contribution in [3.8, 4) is 11.1 Å². The molecular formula is C23H16FNO6S2. The third-order valence-electron chi connectivity index (χ3n) is 5.05. The fraction of sp³-hybridized carbons (Fsp3) is 0.0435. The van der Waals surface area contributed by atoms with Crippen molar-refractivity contribution < 1.29 is 31.2 Å². The van der Waals surface area contributed by atoms with Crippen LogP contribution in [0.15, 0.2) is 87.5 Å². The fourth-order valence-electron chi connectivity index (χ4n) is 3.35. The van der Waals surface area contributed by atoms with Crippen LogP contribution < -0.4 is 5.32 Å². The minimum atomic E-state index is -4.08. The number of Topliss-reactive ketones (excluding diaryl/α,β-unsaturated/α-hetero) is 1. The molecule has 0 bridgehead atoms. The molecule has 0 saturated heterocycles. The van der Waals surface area contributed by atoms with E-state index in [2.05, 4.69) is 5.32 Å². The summed E-state index contributed by atoms with van der Waals surface area (Å²) in [5, 5.41) is 3.13. The Balaban J connectivity index is 1.51. The van der Waals surface area contributed by atoms with E-state index in [0.29, 0.717) is 11.0 Å². The van der Waals surface area contributed by atoms with Crippen LogP contribution in [0, 0.1) is 5.82 Å². The number of benzene rings is 3. The van der Waals surface area contributed by atoms with Gasteiger partial charge in [-0.05, 0) is 47.0 Å². The summed E-state index contributed by atoms with van der Waals surface area (Å²) in [6.07, 6.45) is 0. The van der Waals surface area contributed by atoms with Crippen LogP contribution in [-0.2, 0) is 32.3 Å². The third kappa shape index (κ3) is 4.68. The molecule has 1 aliphatic heterocycles. The molecule has 33 heavy (non-hydrogen) atoms. The van der Waals surface area contributed by atoms with Crippen LogP contribution in [-0.4, -0.2) is 28.9 Å². The van der Waals surface area contributed by atoms with Crippen molar-refractivity contribution in [1.29, 1.82) is 0 Å². The summed E-state index contributed by atoms with van der Waals surface area (Å²) in [5.74, 6) is -2.07. The molecule has 1 amide bonds. The maximum Gasteiger partial charge on any atom is 0.256 e. The lowest BCUT2D eigenvalue weighted by Gasteiger charge is -2.16. The Bertz CT molecular complexity index is 1430. The van der Waals surface area contributed by atoms with E-state index < -0.39 is 38.2 Å². The van der Waals surface area contributed by atoms with E-state index >= 15 is 0 Å². The van der Waals surface area contributed by atoms with Crippen LogP contribution in [0.25, 0.3) is 11.1 Å². The molecule has 1 unspecified atom stereocenters. The van der Waals surface area contributed by atoms with Crippen LogP contribution in [0.5, 0.6) is 0 Å². The summed E-state index contributed by atoms with van der Waals surface area (Å²) in [4.78, 5) is 24.9. The van der Waals surface area contributed by atoms with E-state index in [1.165, 1.54) is 12.1 Å². The zero-order valence-corrected chi connectivity index (χ0v) is 18.5. The van der Waals surface area contributed by atoms with E-state index in [1.54, 1.807) is 36.4 Å². The number of sulfone groups is 1. The molecule has 0 aromatic heterocycles. The number of rotatable bonds is 5. The van der Waals surface area contributed by atoms with Crippen molar-refractivity contribution in [3.05, 3.63) is 94.7 Å². The van der Waals surface area contributed by atoms with E-state index in [0.717, 1.165) is 29.3 Å². The Morgan fingerprint density at radius 1 is 0.970 bits per heavy atom. The Morgan fingerprint density at radius 3 is 2.18 bits per heavy atom. The number of halogens is 1. The molecule has 10 heteroatoms. The Labute approximate surface area is 191 Å². The predicted octanol–water partition coefficient (Wildman–Crippen LogP) is 3.24. The smallest absolute Gasteiger partial charge is 0.256 e. The molecule has 3 aromatic rings. The summed E-state index contributed by atoms with van der Waals surface area (Å²) < 4.78 is 58.6. The summed E-state index contributed by atoms with van der Waals surface area (Å²) in [7, 11) is -4.08. The molecule has 0 saturated carbocycles. The number of amides is 1. The first-order valence-corrected chi connectivity index (χ1v) is 12.2. The van der Waals surface area contributed by atoms with Gasteiger partial charge in [0.05, 0.1) is 20.8 Å². The second kappa shape index (κ2) is 8.81. The Hall–Kier alpha value is -3.47. The standard InChI is InChI=1S/C23H16FNO6S2/c24-17-7-5-16(6-8-17)15-3-1-14(2-4-15)12-25-23(27)20-13-33(30,31)21-10-9-18(32(28)29)11-19(21)22(20)26/h1-11,13H,12H2,(H,25,27)(H,28,29). The first-order chi connectivity index (χ1) is 15.7. The Morgan fingerprint density at radius 2 is 1.58 bits per heavy atom. The summed E-state index contributed by atoms with van der Waals surface area (Å²) in [6, 6.07) is 16.3. The van der Waals surface area contributed by atoms with Gasteiger partial charge in [-0.3, -0.25) is 9.59 Å². The van der Waals surface area contributed by atoms with Crippen LogP contribution in [0.2, 0.25) is 0 Å². The number of hydrogen-bond donors (Lipinski definition) is 2. The maximum absolute atomic E-state index is 13.1. The number of carbonyl (C=O) groups excluding carboxylic acids is 2. The number of nitrogens with one attached hydrogen (secondary N) is 1. The highest BCUT2D eigenvalue weighted by molar-refractivity contribution is 7.94. The van der Waals surface area contributed by atoms with Crippen LogP contribution >= 0.6 is 0 Å². The lowest BCUT2D eigenvalue weighted by Crippen LogP contribution is -2.31. The van der Waals surface area contributed by atoms with Gasteiger partial charge in [0.1, 0.15) is 5.82 Å². The molecule has 1 heterocycles. The van der Waals surface area contributed by atoms with Crippen molar-refractivity contribution in [1.82, 2.24) is 5.32 Å². The first kappa shape index (κ1) is 22.7. The topological polar surface area (TPSA) is 118 Å². The van der Waals surface area contributed by atoms with Crippen molar-refractivity contribution in [2.45, 2.75) is 16.3 Å². The largest absolute Gasteiger partial charge is 0.348 e. The van der Waals surface area contributed by atoms with Gasteiger partial charge in [-0.15, -0.1) is 0 Å². The van der Waals surface area contributed by atoms with Crippen molar-refractivity contribution in [3.63, 3.8) is 0 Å². The van der Waals surface area contributed by atoms with Crippen molar-refractivity contribution in [2.75, 3.05) is 0 Å². The van der Waals surface area contributed by atoms with Gasteiger partial charge < -0.3 is 9.87 Å². The molecule has 1 atom stereocenters. The van der Waals surface area contributed by atoms with Gasteiger partial charge in [0, 0.05) is 12.1 Å². The third-order valence-corrected chi connectivity index (χ3v) is 7.22. The van der Waals surface area contributed by atoms with Crippen LogP contribution in [0.1, 0.15) is 15.9 Å². The zero-order valence-electron chi connectivity index (χ0n) is 16.8. The number of carbonyl (C=O) groups is 2. The fourth-order valence-corrected chi connectivity index (χ4v) is 5.12. The minimum Gasteiger partial charge on any atom is -0.348 e. The second-order valence-electron chi connectivity index (χ2n) is 7.20. The van der Waals surface area contributed by atoms with Gasteiger partial charge in [0.2, 0.25) is 15.6 Å². The molecule has 3 aromatic carbocycles. The molecule has 7 nitrogen and oxygen atoms in total. The van der Waals surface area contributed by atoms with Gasteiger partial charge in [-0.2, -0.15) is 0 Å². The quantitative estimate of drug-likeness (QED) is 0.423. The molecule has 0 fully saturated rings. The molecule has 168 valence electrons. The summed E-state index contributed by atoms with van der Waals surface area (Å²) in [5.41, 5.74) is 1.45. The maximum atomic E-state index is 13.1. The van der Waals surface area contributed by atoms with Crippen LogP contribution in [0.4, 0.5) is 4.39 Å². The normalized spacial score (nSPS) is 15.3. The van der Waals surface area contributed by atoms with E-state index in [1.807, 2.05) is 0 Å². The second-order valence-corrected chi connectivity index (χ2v) is 9.93. The zero-order chi connectivity index (χ0) is 23.8. The van der Waals surface area contributed by atoms with Gasteiger partial charge in [-0.25, -0.2) is 17.0 Å². The molecule has 4 rings (SSSR count). The average Bonchev–Trinajstić information content (AvgIpc) is 2.80. The highest BCUT2D eigenvalue weighted by Gasteiger charge is 2.33. The van der Waals surface area contributed by atoms with Gasteiger partial charge in [0.25, 0.3) is 5.91 Å². The average molecular weight is 486 g/mol. The van der Waals surface area contributed by atoms with Crippen LogP contribution in [0.3, 0.4) is 0 Å². The van der Waals surface area contributed by atoms with Gasteiger partial charge >= 0.3 is 0 Å². The molecule has 2 N–H and O–H groups in total. The summed E-state index contributed by atoms with van der Waals surface area (Å²) >= 11 is -2.42. The number of ketones is 1. The Kier molecular flexibility index (Phi) is 6.07. The lowest BCUT2D eigenvalue weighted by atomic mass is 10.0. The molecule has 0 radical (unpaired) electrons. The molecule has 0 aliphatic carbocycles. The van der Waals surface area contributed by atoms with E-state index in [9.17, 15) is 31.2 Å². The minimum absolute atomic E-state index is 0.0285. The molecular weight excluding hydrogens is 469 g/mol. The lowest BCUT2D eigenvalue weighted by molar-refractivity contribution is -0.117. The van der Waals surface area contributed by atoms with Gasteiger partial charge in [0.15, 0.2) is 11.1 Å². The van der Waals surface area contributed by atoms with Crippen molar-refractivity contribution >= 4 is 32.6 Å². The van der Waals surface area contributed by atoms with E-state index in [-0.39, 0.29) is 27.7 Å². The number of fused-ring (bicyclic) bond motifs is 1. The first-order valence-electron chi connectivity index (χ1n) is 9.55. The number of hydrogen-bond acceptors (Lipinski definition) is 5. The monoisotopic (exact) mass is 485 g/mol. The predicted molar refractivity (Wildman–Crippen MR) is 119 cm³/mol. The molecule has 1 aliphatic rings. The van der Waals surface area contributed by atoms with E-state index in [4.69, 9.17) is 0 Å². The highest BCUT2D eigenvalue weighted by Crippen LogP contribution is 2.29.